The molecular formula is C12H11I2N3O2. The van der Waals surface area contributed by atoms with E-state index < -0.39 is 0 Å². The molecule has 1 aromatic carbocycles. The van der Waals surface area contributed by atoms with Gasteiger partial charge in [-0.05, 0) is 70.3 Å². The molecule has 0 amide bonds. The Morgan fingerprint density at radius 2 is 2.21 bits per heavy atom. The molecular weight excluding hydrogens is 472 g/mol. The molecule has 19 heavy (non-hydrogen) atoms. The van der Waals surface area contributed by atoms with E-state index in [4.69, 9.17) is 10.5 Å². The molecule has 0 aliphatic heterocycles. The van der Waals surface area contributed by atoms with Gasteiger partial charge in [-0.15, -0.1) is 0 Å². The van der Waals surface area contributed by atoms with E-state index in [0.717, 1.165) is 13.1 Å². The van der Waals surface area contributed by atoms with Gasteiger partial charge >= 0.3 is 5.97 Å². The molecule has 0 aliphatic rings. The summed E-state index contributed by atoms with van der Waals surface area (Å²) < 4.78 is 8.67. The molecule has 0 radical (unpaired) electrons. The van der Waals surface area contributed by atoms with Crippen LogP contribution < -0.4 is 5.73 Å². The maximum atomic E-state index is 11.7. The number of nitrogens with two attached hydrogens (primary N) is 1. The summed E-state index contributed by atoms with van der Waals surface area (Å²) in [7, 11) is 0. The number of hydrogen-bond donors (Lipinski definition) is 1. The second-order valence-electron chi connectivity index (χ2n) is 3.69. The molecule has 0 saturated carbocycles. The molecule has 1 aromatic heterocycles. The highest BCUT2D eigenvalue weighted by Gasteiger charge is 2.13. The molecule has 0 bridgehead atoms. The minimum atomic E-state index is -0.353. The van der Waals surface area contributed by atoms with Crippen molar-refractivity contribution in [2.45, 2.75) is 6.92 Å². The van der Waals surface area contributed by atoms with Gasteiger partial charge in [0.1, 0.15) is 13.7 Å². The average Bonchev–Trinajstić information content (AvgIpc) is 2.71. The van der Waals surface area contributed by atoms with Gasteiger partial charge in [0.15, 0.2) is 0 Å². The quantitative estimate of drug-likeness (QED) is 0.415. The number of halogens is 2. The number of aromatic nitrogens is 2. The number of rotatable bonds is 3. The molecule has 7 heteroatoms. The van der Waals surface area contributed by atoms with Crippen molar-refractivity contribution in [1.29, 1.82) is 0 Å². The normalized spacial score (nSPS) is 10.5. The van der Waals surface area contributed by atoms with Crippen LogP contribution in [-0.2, 0) is 4.74 Å². The van der Waals surface area contributed by atoms with E-state index in [1.807, 2.05) is 4.57 Å². The van der Waals surface area contributed by atoms with Gasteiger partial charge in [-0.1, -0.05) is 0 Å². The zero-order chi connectivity index (χ0) is 14.0. The van der Waals surface area contributed by atoms with E-state index in [1.54, 1.807) is 31.5 Å². The zero-order valence-electron chi connectivity index (χ0n) is 10.1. The summed E-state index contributed by atoms with van der Waals surface area (Å²) in [6.07, 6.45) is 1.68. The monoisotopic (exact) mass is 483 g/mol. The van der Waals surface area contributed by atoms with Crippen LogP contribution in [-0.4, -0.2) is 22.1 Å². The van der Waals surface area contributed by atoms with E-state index in [-0.39, 0.29) is 5.97 Å². The van der Waals surface area contributed by atoms with Gasteiger partial charge in [-0.3, -0.25) is 4.57 Å². The van der Waals surface area contributed by atoms with Crippen LogP contribution in [0.4, 0.5) is 5.69 Å². The highest BCUT2D eigenvalue weighted by molar-refractivity contribution is 14.1. The molecule has 0 fully saturated rings. The van der Waals surface area contributed by atoms with Crippen LogP contribution in [0.2, 0.25) is 0 Å². The van der Waals surface area contributed by atoms with Crippen LogP contribution in [0, 0.1) is 7.40 Å². The first-order valence-electron chi connectivity index (χ1n) is 5.50. The Bertz CT molecular complexity index is 625. The first-order chi connectivity index (χ1) is 9.04. The lowest BCUT2D eigenvalue weighted by atomic mass is 10.1. The maximum absolute atomic E-state index is 11.7. The lowest BCUT2D eigenvalue weighted by Crippen LogP contribution is -2.07. The predicted molar refractivity (Wildman–Crippen MR) is 89.4 cm³/mol. The van der Waals surface area contributed by atoms with E-state index in [1.165, 1.54) is 0 Å². The third-order valence-corrected chi connectivity index (χ3v) is 5.32. The summed E-state index contributed by atoms with van der Waals surface area (Å²) in [5.74, 6) is -0.353. The van der Waals surface area contributed by atoms with Crippen molar-refractivity contribution in [3.8, 4) is 5.69 Å². The number of ether oxygens (including phenoxy) is 1. The fourth-order valence-electron chi connectivity index (χ4n) is 1.57. The summed E-state index contributed by atoms with van der Waals surface area (Å²) in [6, 6.07) is 5.07. The number of imidazole rings is 1. The predicted octanol–water partition coefficient (Wildman–Crippen LogP) is 2.84. The largest absolute Gasteiger partial charge is 0.462 e. The first kappa shape index (κ1) is 14.6. The minimum absolute atomic E-state index is 0.346. The molecule has 0 unspecified atom stereocenters. The van der Waals surface area contributed by atoms with Crippen LogP contribution in [0.15, 0.2) is 24.5 Å². The fourth-order valence-corrected chi connectivity index (χ4v) is 2.48. The van der Waals surface area contributed by atoms with Crippen LogP contribution in [0.1, 0.15) is 17.3 Å². The lowest BCUT2D eigenvalue weighted by Gasteiger charge is -2.10. The number of carbonyl (C=O) groups is 1. The number of esters is 1. The SMILES string of the molecule is CCOC(=O)c1ccc(N)c(-n2cnc(I)c2I)c1. The highest BCUT2D eigenvalue weighted by Crippen LogP contribution is 2.24. The summed E-state index contributed by atoms with van der Waals surface area (Å²) in [5.41, 5.74) is 7.75. The molecule has 0 atom stereocenters. The number of hydrogen-bond acceptors (Lipinski definition) is 4. The van der Waals surface area contributed by atoms with Gasteiger partial charge in [0.25, 0.3) is 0 Å². The van der Waals surface area contributed by atoms with E-state index in [0.29, 0.717) is 17.9 Å². The zero-order valence-corrected chi connectivity index (χ0v) is 14.4. The molecule has 2 rings (SSSR count). The number of nitrogens with zero attached hydrogens (tertiary/aromatic N) is 2. The summed E-state index contributed by atoms with van der Waals surface area (Å²) in [6.45, 7) is 2.12. The molecule has 1 heterocycles. The first-order valence-corrected chi connectivity index (χ1v) is 7.65. The molecule has 0 aliphatic carbocycles. The number of nitrogen functional groups attached to an aromatic ring is 1. The van der Waals surface area contributed by atoms with Crippen molar-refractivity contribution in [2.75, 3.05) is 12.3 Å². The third kappa shape index (κ3) is 3.02. The standard InChI is InChI=1S/C12H11I2N3O2/c1-2-19-12(18)7-3-4-8(15)9(5-7)17-6-16-10(13)11(17)14/h3-6H,2,15H2,1H3. The van der Waals surface area contributed by atoms with Crippen LogP contribution in [0.25, 0.3) is 5.69 Å². The lowest BCUT2D eigenvalue weighted by molar-refractivity contribution is 0.0526. The second kappa shape index (κ2) is 6.07. The maximum Gasteiger partial charge on any atom is 0.338 e. The third-order valence-electron chi connectivity index (χ3n) is 2.47. The molecule has 2 N–H and O–H groups in total. The van der Waals surface area contributed by atoms with Crippen molar-refractivity contribution in [3.63, 3.8) is 0 Å². The van der Waals surface area contributed by atoms with Gasteiger partial charge in [0.2, 0.25) is 0 Å². The van der Waals surface area contributed by atoms with Gasteiger partial charge in [-0.25, -0.2) is 9.78 Å². The Hall–Kier alpha value is -0.840. The van der Waals surface area contributed by atoms with Crippen LogP contribution in [0.5, 0.6) is 0 Å². The Balaban J connectivity index is 2.48. The van der Waals surface area contributed by atoms with Gasteiger partial charge < -0.3 is 10.5 Å². The van der Waals surface area contributed by atoms with Crippen molar-refractivity contribution >= 4 is 56.8 Å². The topological polar surface area (TPSA) is 70.1 Å². The molecule has 0 spiro atoms. The van der Waals surface area contributed by atoms with Crippen molar-refractivity contribution in [1.82, 2.24) is 9.55 Å². The smallest absolute Gasteiger partial charge is 0.338 e. The Morgan fingerprint density at radius 1 is 1.47 bits per heavy atom. The van der Waals surface area contributed by atoms with Gasteiger partial charge in [0, 0.05) is 0 Å². The molecule has 0 saturated heterocycles. The number of carbonyl (C=O) groups excluding carboxylic acids is 1. The Labute approximate surface area is 137 Å². The summed E-state index contributed by atoms with van der Waals surface area (Å²) in [5, 5.41) is 0. The van der Waals surface area contributed by atoms with Crippen molar-refractivity contribution < 1.29 is 9.53 Å². The van der Waals surface area contributed by atoms with Crippen molar-refractivity contribution in [3.05, 3.63) is 37.5 Å². The molecule has 5 nitrogen and oxygen atoms in total. The van der Waals surface area contributed by atoms with Crippen LogP contribution in [0.3, 0.4) is 0 Å². The number of benzene rings is 1. The van der Waals surface area contributed by atoms with Gasteiger partial charge in [0.05, 0.1) is 23.5 Å². The molecule has 2 aromatic rings. The second-order valence-corrected chi connectivity index (χ2v) is 5.73. The van der Waals surface area contributed by atoms with E-state index in [9.17, 15) is 4.79 Å². The molecule has 100 valence electrons. The van der Waals surface area contributed by atoms with E-state index in [2.05, 4.69) is 50.2 Å². The average molecular weight is 483 g/mol. The fraction of sp³-hybridized carbons (Fsp3) is 0.167. The van der Waals surface area contributed by atoms with E-state index >= 15 is 0 Å². The Kier molecular flexibility index (Phi) is 4.66. The number of anilines is 1. The highest BCUT2D eigenvalue weighted by atomic mass is 127. The van der Waals surface area contributed by atoms with Crippen LogP contribution >= 0.6 is 45.2 Å². The minimum Gasteiger partial charge on any atom is -0.462 e. The Morgan fingerprint density at radius 3 is 2.79 bits per heavy atom. The van der Waals surface area contributed by atoms with Crippen molar-refractivity contribution in [2.24, 2.45) is 0 Å². The van der Waals surface area contributed by atoms with Gasteiger partial charge in [-0.2, -0.15) is 0 Å². The summed E-state index contributed by atoms with van der Waals surface area (Å²) >= 11 is 4.33. The summed E-state index contributed by atoms with van der Waals surface area (Å²) in [4.78, 5) is 16.0.